The van der Waals surface area contributed by atoms with Gasteiger partial charge >= 0.3 is 12.1 Å². The first-order valence-electron chi connectivity index (χ1n) is 4.86. The third-order valence-electron chi connectivity index (χ3n) is 2.45. The van der Waals surface area contributed by atoms with Gasteiger partial charge in [0.1, 0.15) is 12.2 Å². The van der Waals surface area contributed by atoms with Crippen LogP contribution >= 0.6 is 0 Å². The van der Waals surface area contributed by atoms with Crippen molar-refractivity contribution in [3.05, 3.63) is 0 Å². The molecule has 0 saturated carbocycles. The van der Waals surface area contributed by atoms with Crippen molar-refractivity contribution in [1.29, 1.82) is 0 Å². The van der Waals surface area contributed by atoms with Crippen molar-refractivity contribution in [2.45, 2.75) is 30.5 Å². The molecule has 5 N–H and O–H groups in total. The molecule has 100 valence electrons. The van der Waals surface area contributed by atoms with E-state index in [2.05, 4.69) is 5.32 Å². The third kappa shape index (κ3) is 3.53. The molecule has 1 aliphatic rings. The molecule has 1 heterocycles. The Morgan fingerprint density at radius 3 is 2.29 bits per heavy atom. The molecule has 17 heavy (non-hydrogen) atoms. The Bertz CT molecular complexity index is 286. The molecule has 0 radical (unpaired) electrons. The topological polar surface area (TPSA) is 102 Å². The van der Waals surface area contributed by atoms with Crippen LogP contribution in [0.4, 0.5) is 13.2 Å². The van der Waals surface area contributed by atoms with Gasteiger partial charge in [0.15, 0.2) is 0 Å². The Morgan fingerprint density at radius 2 is 1.76 bits per heavy atom. The number of amides is 1. The van der Waals surface area contributed by atoms with Gasteiger partial charge in [-0.3, -0.25) is 4.79 Å². The maximum absolute atomic E-state index is 12.0. The van der Waals surface area contributed by atoms with E-state index in [0.29, 0.717) is 0 Å². The molecule has 6 nitrogen and oxygen atoms in total. The van der Waals surface area contributed by atoms with E-state index in [1.54, 1.807) is 5.32 Å². The fourth-order valence-electron chi connectivity index (χ4n) is 1.48. The van der Waals surface area contributed by atoms with Crippen LogP contribution in [0.15, 0.2) is 0 Å². The molecule has 0 aromatic rings. The lowest BCUT2D eigenvalue weighted by Crippen LogP contribution is -2.55. The molecule has 0 aromatic heterocycles. The zero-order valence-corrected chi connectivity index (χ0v) is 8.61. The van der Waals surface area contributed by atoms with Gasteiger partial charge < -0.3 is 26.0 Å². The summed E-state index contributed by atoms with van der Waals surface area (Å²) in [5, 5.41) is 32.1. The Kier molecular flexibility index (Phi) is 4.31. The molecular formula is C8H13F3N2O4. The SMILES string of the molecule is O=C(N[C@H]1CNC[C@H](O)[C@@H](O)[C@@H]1O)C(F)(F)F. The van der Waals surface area contributed by atoms with Gasteiger partial charge in [-0.15, -0.1) is 0 Å². The van der Waals surface area contributed by atoms with E-state index in [1.807, 2.05) is 0 Å². The number of nitrogens with one attached hydrogen (secondary N) is 2. The van der Waals surface area contributed by atoms with Gasteiger partial charge in [0.05, 0.1) is 12.1 Å². The van der Waals surface area contributed by atoms with E-state index in [4.69, 9.17) is 0 Å². The van der Waals surface area contributed by atoms with Crippen molar-refractivity contribution >= 4 is 5.91 Å². The molecule has 1 amide bonds. The average molecular weight is 258 g/mol. The molecule has 0 unspecified atom stereocenters. The summed E-state index contributed by atoms with van der Waals surface area (Å²) in [6, 6.07) is -1.32. The van der Waals surface area contributed by atoms with Crippen molar-refractivity contribution < 1.29 is 33.3 Å². The summed E-state index contributed by atoms with van der Waals surface area (Å²) < 4.78 is 35.9. The normalized spacial score (nSPS) is 35.2. The zero-order valence-electron chi connectivity index (χ0n) is 8.61. The van der Waals surface area contributed by atoms with Gasteiger partial charge in [-0.25, -0.2) is 0 Å². The van der Waals surface area contributed by atoms with E-state index in [1.165, 1.54) is 0 Å². The van der Waals surface area contributed by atoms with Crippen LogP contribution in [0.1, 0.15) is 0 Å². The highest BCUT2D eigenvalue weighted by Gasteiger charge is 2.42. The summed E-state index contributed by atoms with van der Waals surface area (Å²) in [6.45, 7) is -0.270. The lowest BCUT2D eigenvalue weighted by Gasteiger charge is -2.26. The van der Waals surface area contributed by atoms with Gasteiger partial charge in [0.2, 0.25) is 0 Å². The molecular weight excluding hydrogens is 245 g/mol. The van der Waals surface area contributed by atoms with Gasteiger partial charge in [0.25, 0.3) is 0 Å². The Hall–Kier alpha value is -0.900. The van der Waals surface area contributed by atoms with Crippen molar-refractivity contribution in [2.75, 3.05) is 13.1 Å². The van der Waals surface area contributed by atoms with Crippen LogP contribution in [0.2, 0.25) is 0 Å². The minimum atomic E-state index is -5.06. The van der Waals surface area contributed by atoms with Crippen LogP contribution < -0.4 is 10.6 Å². The Labute approximate surface area is 94.4 Å². The molecule has 1 rings (SSSR count). The number of halogens is 3. The van der Waals surface area contributed by atoms with Gasteiger partial charge in [0, 0.05) is 13.1 Å². The summed E-state index contributed by atoms with van der Waals surface area (Å²) in [4.78, 5) is 10.7. The standard InChI is InChI=1S/C8H13F3N2O4/c9-8(10,11)7(17)13-3-1-12-2-4(14)6(16)5(3)15/h3-6,12,14-16H,1-2H2,(H,13,17)/t3-,4-,5+,6+/m0/s1. The maximum Gasteiger partial charge on any atom is 0.471 e. The summed E-state index contributed by atoms with van der Waals surface area (Å²) in [5.74, 6) is -2.20. The first kappa shape index (κ1) is 14.2. The van der Waals surface area contributed by atoms with Crippen LogP contribution in [0.5, 0.6) is 0 Å². The van der Waals surface area contributed by atoms with Crippen LogP contribution in [0.3, 0.4) is 0 Å². The van der Waals surface area contributed by atoms with Gasteiger partial charge in [-0.05, 0) is 0 Å². The minimum Gasteiger partial charge on any atom is -0.389 e. The smallest absolute Gasteiger partial charge is 0.389 e. The summed E-state index contributed by atoms with van der Waals surface area (Å²) in [7, 11) is 0. The van der Waals surface area contributed by atoms with Crippen molar-refractivity contribution in [1.82, 2.24) is 10.6 Å². The number of aliphatic hydroxyl groups is 3. The minimum absolute atomic E-state index is 0.0867. The van der Waals surface area contributed by atoms with Crippen molar-refractivity contribution in [2.24, 2.45) is 0 Å². The molecule has 1 aliphatic heterocycles. The molecule has 1 fully saturated rings. The Balaban J connectivity index is 2.67. The number of hydrogen-bond acceptors (Lipinski definition) is 5. The van der Waals surface area contributed by atoms with Crippen molar-refractivity contribution in [3.8, 4) is 0 Å². The lowest BCUT2D eigenvalue weighted by atomic mass is 10.0. The monoisotopic (exact) mass is 258 g/mol. The second-order valence-corrected chi connectivity index (χ2v) is 3.78. The van der Waals surface area contributed by atoms with Crippen LogP contribution in [-0.2, 0) is 4.79 Å². The molecule has 0 bridgehead atoms. The summed E-state index contributed by atoms with van der Waals surface area (Å²) >= 11 is 0. The van der Waals surface area contributed by atoms with E-state index in [-0.39, 0.29) is 13.1 Å². The number of alkyl halides is 3. The number of aliphatic hydroxyl groups excluding tert-OH is 3. The summed E-state index contributed by atoms with van der Waals surface area (Å²) in [5.41, 5.74) is 0. The molecule has 0 aliphatic carbocycles. The third-order valence-corrected chi connectivity index (χ3v) is 2.45. The number of hydrogen-bond donors (Lipinski definition) is 5. The lowest BCUT2D eigenvalue weighted by molar-refractivity contribution is -0.175. The number of carbonyl (C=O) groups is 1. The van der Waals surface area contributed by atoms with E-state index in [9.17, 15) is 33.3 Å². The predicted octanol–water partition coefficient (Wildman–Crippen LogP) is -2.28. The number of carbonyl (C=O) groups excluding carboxylic acids is 1. The Morgan fingerprint density at radius 1 is 1.18 bits per heavy atom. The fourth-order valence-corrected chi connectivity index (χ4v) is 1.48. The van der Waals surface area contributed by atoms with Crippen molar-refractivity contribution in [3.63, 3.8) is 0 Å². The fraction of sp³-hybridized carbons (Fsp3) is 0.875. The highest BCUT2D eigenvalue weighted by molar-refractivity contribution is 5.82. The summed E-state index contributed by atoms with van der Waals surface area (Å²) in [6.07, 6.45) is -9.66. The quantitative estimate of drug-likeness (QED) is 0.365. The highest BCUT2D eigenvalue weighted by atomic mass is 19.4. The van der Waals surface area contributed by atoms with Gasteiger partial charge in [-0.2, -0.15) is 13.2 Å². The van der Waals surface area contributed by atoms with Gasteiger partial charge in [-0.1, -0.05) is 0 Å². The molecule has 4 atom stereocenters. The number of β-amino-alcohol motifs (C(OH)–C–C–N with tert-alkyl or cyclic N) is 1. The largest absolute Gasteiger partial charge is 0.471 e. The maximum atomic E-state index is 12.0. The average Bonchev–Trinajstić information content (AvgIpc) is 2.33. The number of rotatable bonds is 1. The zero-order chi connectivity index (χ0) is 13.2. The molecule has 0 spiro atoms. The van der Waals surface area contributed by atoms with E-state index < -0.39 is 36.4 Å². The van der Waals surface area contributed by atoms with E-state index >= 15 is 0 Å². The first-order chi connectivity index (χ1) is 7.73. The molecule has 0 aromatic carbocycles. The predicted molar refractivity (Wildman–Crippen MR) is 48.9 cm³/mol. The highest BCUT2D eigenvalue weighted by Crippen LogP contribution is 2.16. The second-order valence-electron chi connectivity index (χ2n) is 3.78. The van der Waals surface area contributed by atoms with Crippen LogP contribution in [0, 0.1) is 0 Å². The van der Waals surface area contributed by atoms with Crippen LogP contribution in [-0.4, -0.2) is 64.8 Å². The molecule has 1 saturated heterocycles. The first-order valence-corrected chi connectivity index (χ1v) is 4.86. The molecule has 9 heteroatoms. The second kappa shape index (κ2) is 5.17. The van der Waals surface area contributed by atoms with E-state index in [0.717, 1.165) is 0 Å². The van der Waals surface area contributed by atoms with Crippen LogP contribution in [0.25, 0.3) is 0 Å².